The molecule has 4 nitrogen and oxygen atoms in total. The van der Waals surface area contributed by atoms with E-state index >= 15 is 0 Å². The first-order valence-corrected chi connectivity index (χ1v) is 9.92. The maximum Gasteiger partial charge on any atom is 0.118 e. The summed E-state index contributed by atoms with van der Waals surface area (Å²) in [6.07, 6.45) is 2.24. The molecular formula is C24H29N3O. The first-order valence-electron chi connectivity index (χ1n) is 9.92. The zero-order chi connectivity index (χ0) is 19.7. The van der Waals surface area contributed by atoms with E-state index in [1.165, 1.54) is 33.6 Å². The smallest absolute Gasteiger partial charge is 0.118 e. The molecule has 1 N–H and O–H groups in total. The van der Waals surface area contributed by atoms with Gasteiger partial charge >= 0.3 is 0 Å². The van der Waals surface area contributed by atoms with Crippen molar-refractivity contribution in [3.8, 4) is 16.9 Å². The second-order valence-corrected chi connectivity index (χ2v) is 7.70. The minimum atomic E-state index is 0.283. The lowest BCUT2D eigenvalue weighted by Crippen LogP contribution is -2.46. The normalized spacial score (nSPS) is 17.0. The van der Waals surface area contributed by atoms with Crippen LogP contribution in [0.15, 0.2) is 54.7 Å². The van der Waals surface area contributed by atoms with Crippen molar-refractivity contribution >= 4 is 5.69 Å². The van der Waals surface area contributed by atoms with Crippen LogP contribution < -0.4 is 15.0 Å². The molecule has 0 spiro atoms. The summed E-state index contributed by atoms with van der Waals surface area (Å²) in [6, 6.07) is 17.5. The molecule has 146 valence electrons. The highest BCUT2D eigenvalue weighted by Crippen LogP contribution is 2.35. The molecule has 1 aliphatic rings. The molecule has 0 radical (unpaired) electrons. The van der Waals surface area contributed by atoms with Gasteiger partial charge in [-0.15, -0.1) is 0 Å². The second-order valence-electron chi connectivity index (χ2n) is 7.70. The van der Waals surface area contributed by atoms with Crippen molar-refractivity contribution in [1.29, 1.82) is 0 Å². The third kappa shape index (κ3) is 3.52. The Morgan fingerprint density at radius 1 is 1.00 bits per heavy atom. The van der Waals surface area contributed by atoms with Crippen LogP contribution in [-0.2, 0) is 7.05 Å². The summed E-state index contributed by atoms with van der Waals surface area (Å²) >= 11 is 0. The van der Waals surface area contributed by atoms with Crippen molar-refractivity contribution in [2.24, 2.45) is 7.05 Å². The van der Waals surface area contributed by atoms with E-state index in [0.717, 1.165) is 25.4 Å². The molecule has 0 saturated carbocycles. The summed E-state index contributed by atoms with van der Waals surface area (Å²) in [7, 11) is 3.86. The number of benzene rings is 2. The predicted octanol–water partition coefficient (Wildman–Crippen LogP) is 4.47. The highest BCUT2D eigenvalue weighted by Gasteiger charge is 2.27. The Bertz CT molecular complexity index is 941. The molecule has 1 atom stereocenters. The third-order valence-corrected chi connectivity index (χ3v) is 5.70. The average molecular weight is 376 g/mol. The van der Waals surface area contributed by atoms with Gasteiger partial charge in [-0.05, 0) is 49.2 Å². The summed E-state index contributed by atoms with van der Waals surface area (Å²) in [6.45, 7) is 7.30. The first-order chi connectivity index (χ1) is 13.6. The Kier molecular flexibility index (Phi) is 5.14. The number of nitrogens with zero attached hydrogens (tertiary/aromatic N) is 2. The van der Waals surface area contributed by atoms with E-state index in [0.29, 0.717) is 0 Å². The molecule has 1 unspecified atom stereocenters. The van der Waals surface area contributed by atoms with Gasteiger partial charge in [-0.1, -0.05) is 29.8 Å². The molecule has 2 heterocycles. The Labute approximate surface area is 167 Å². The zero-order valence-electron chi connectivity index (χ0n) is 17.2. The van der Waals surface area contributed by atoms with Gasteiger partial charge in [0.25, 0.3) is 0 Å². The molecular weight excluding hydrogens is 346 g/mol. The fraction of sp³-hybridized carbons (Fsp3) is 0.333. The Hall–Kier alpha value is -2.72. The number of anilines is 1. The van der Waals surface area contributed by atoms with Crippen LogP contribution in [0.3, 0.4) is 0 Å². The van der Waals surface area contributed by atoms with Crippen LogP contribution in [-0.4, -0.2) is 31.3 Å². The summed E-state index contributed by atoms with van der Waals surface area (Å²) in [5, 5.41) is 3.75. The lowest BCUT2D eigenvalue weighted by Gasteiger charge is -2.36. The van der Waals surface area contributed by atoms with Crippen LogP contribution in [0.2, 0.25) is 0 Å². The van der Waals surface area contributed by atoms with Crippen molar-refractivity contribution in [3.05, 3.63) is 71.5 Å². The van der Waals surface area contributed by atoms with Gasteiger partial charge in [-0.25, -0.2) is 0 Å². The summed E-state index contributed by atoms with van der Waals surface area (Å²) in [5.74, 6) is 0.889. The topological polar surface area (TPSA) is 29.4 Å². The van der Waals surface area contributed by atoms with Crippen LogP contribution in [0.1, 0.15) is 22.9 Å². The number of hydrogen-bond donors (Lipinski definition) is 1. The van der Waals surface area contributed by atoms with Crippen LogP contribution >= 0.6 is 0 Å². The second kappa shape index (κ2) is 7.72. The van der Waals surface area contributed by atoms with Gasteiger partial charge in [0, 0.05) is 49.8 Å². The highest BCUT2D eigenvalue weighted by atomic mass is 16.5. The predicted molar refractivity (Wildman–Crippen MR) is 116 cm³/mol. The van der Waals surface area contributed by atoms with Gasteiger partial charge in [-0.3, -0.25) is 0 Å². The fourth-order valence-electron chi connectivity index (χ4n) is 4.28. The number of piperazine rings is 1. The maximum atomic E-state index is 5.33. The van der Waals surface area contributed by atoms with Crippen LogP contribution in [0.4, 0.5) is 5.69 Å². The summed E-state index contributed by atoms with van der Waals surface area (Å²) in [4.78, 5) is 2.49. The van der Waals surface area contributed by atoms with Crippen molar-refractivity contribution in [1.82, 2.24) is 9.88 Å². The van der Waals surface area contributed by atoms with E-state index in [9.17, 15) is 0 Å². The van der Waals surface area contributed by atoms with Crippen molar-refractivity contribution in [2.75, 3.05) is 31.6 Å². The monoisotopic (exact) mass is 375 g/mol. The highest BCUT2D eigenvalue weighted by molar-refractivity contribution is 5.72. The first kappa shape index (κ1) is 18.6. The van der Waals surface area contributed by atoms with E-state index in [-0.39, 0.29) is 6.04 Å². The SMILES string of the molecule is COc1ccc(-c2c(C)cn(C)c2C2CN(c3ccc(C)cc3)CCN2)cc1. The van der Waals surface area contributed by atoms with E-state index in [1.54, 1.807) is 7.11 Å². The number of rotatable bonds is 4. The molecule has 4 rings (SSSR count). The fourth-order valence-corrected chi connectivity index (χ4v) is 4.28. The minimum absolute atomic E-state index is 0.283. The van der Waals surface area contributed by atoms with Crippen LogP contribution in [0.25, 0.3) is 11.1 Å². The van der Waals surface area contributed by atoms with Crippen molar-refractivity contribution < 1.29 is 4.74 Å². The molecule has 0 bridgehead atoms. The molecule has 3 aromatic rings. The standard InChI is InChI=1S/C24H29N3O/c1-17-5-9-20(10-6-17)27-14-13-25-22(16-27)24-23(18(2)15-26(24)3)19-7-11-21(28-4)12-8-19/h5-12,15,22,25H,13-14,16H2,1-4H3. The average Bonchev–Trinajstić information content (AvgIpc) is 3.02. The van der Waals surface area contributed by atoms with Crippen LogP contribution in [0.5, 0.6) is 5.75 Å². The van der Waals surface area contributed by atoms with Crippen LogP contribution in [0, 0.1) is 13.8 Å². The van der Waals surface area contributed by atoms with Gasteiger partial charge in [0.15, 0.2) is 0 Å². The zero-order valence-corrected chi connectivity index (χ0v) is 17.2. The third-order valence-electron chi connectivity index (χ3n) is 5.70. The molecule has 0 amide bonds. The molecule has 4 heteroatoms. The minimum Gasteiger partial charge on any atom is -0.497 e. The van der Waals surface area contributed by atoms with E-state index in [4.69, 9.17) is 4.74 Å². The van der Waals surface area contributed by atoms with Crippen molar-refractivity contribution in [2.45, 2.75) is 19.9 Å². The molecule has 1 aromatic heterocycles. The summed E-state index contributed by atoms with van der Waals surface area (Å²) < 4.78 is 7.62. The quantitative estimate of drug-likeness (QED) is 0.730. The molecule has 2 aromatic carbocycles. The van der Waals surface area contributed by atoms with Gasteiger partial charge in [0.1, 0.15) is 5.75 Å². The Morgan fingerprint density at radius 2 is 1.71 bits per heavy atom. The number of hydrogen-bond acceptors (Lipinski definition) is 3. The lowest BCUT2D eigenvalue weighted by molar-refractivity contribution is 0.415. The van der Waals surface area contributed by atoms with E-state index in [2.05, 4.69) is 78.3 Å². The Balaban J connectivity index is 1.67. The molecule has 1 aliphatic heterocycles. The molecule has 28 heavy (non-hydrogen) atoms. The number of methoxy groups -OCH3 is 1. The van der Waals surface area contributed by atoms with E-state index in [1.807, 2.05) is 12.1 Å². The molecule has 1 saturated heterocycles. The number of aromatic nitrogens is 1. The summed E-state index contributed by atoms with van der Waals surface area (Å²) in [5.41, 5.74) is 7.82. The molecule has 0 aliphatic carbocycles. The van der Waals surface area contributed by atoms with Gasteiger partial charge < -0.3 is 19.5 Å². The number of aryl methyl sites for hydroxylation is 3. The maximum absolute atomic E-state index is 5.33. The lowest BCUT2D eigenvalue weighted by atomic mass is 9.97. The van der Waals surface area contributed by atoms with Gasteiger partial charge in [-0.2, -0.15) is 0 Å². The van der Waals surface area contributed by atoms with Gasteiger partial charge in [0.05, 0.1) is 13.2 Å². The van der Waals surface area contributed by atoms with E-state index < -0.39 is 0 Å². The Morgan fingerprint density at radius 3 is 2.39 bits per heavy atom. The number of ether oxygens (including phenoxy) is 1. The largest absolute Gasteiger partial charge is 0.497 e. The number of nitrogens with one attached hydrogen (secondary N) is 1. The van der Waals surface area contributed by atoms with Crippen molar-refractivity contribution in [3.63, 3.8) is 0 Å². The van der Waals surface area contributed by atoms with Gasteiger partial charge in [0.2, 0.25) is 0 Å². The molecule has 1 fully saturated rings.